The molecule has 0 aliphatic carbocycles. The zero-order valence-corrected chi connectivity index (χ0v) is 13.8. The Hall–Kier alpha value is -2.61. The van der Waals surface area contributed by atoms with Gasteiger partial charge in [0.25, 0.3) is 0 Å². The fourth-order valence-corrected chi connectivity index (χ4v) is 3.20. The summed E-state index contributed by atoms with van der Waals surface area (Å²) in [6.45, 7) is -0.987. The van der Waals surface area contributed by atoms with Gasteiger partial charge in [-0.2, -0.15) is 0 Å². The van der Waals surface area contributed by atoms with Crippen molar-refractivity contribution in [1.29, 1.82) is 0 Å². The Kier molecular flexibility index (Phi) is 4.38. The zero-order chi connectivity index (χ0) is 18.2. The second kappa shape index (κ2) is 6.36. The van der Waals surface area contributed by atoms with Crippen molar-refractivity contribution in [2.24, 2.45) is 0 Å². The Bertz CT molecular complexity index is 1030. The highest BCUT2D eigenvalue weighted by Gasteiger charge is 2.22. The first-order chi connectivity index (χ1) is 11.8. The second-order valence-electron chi connectivity index (χ2n) is 5.39. The highest BCUT2D eigenvalue weighted by atomic mass is 32.2. The summed E-state index contributed by atoms with van der Waals surface area (Å²) in [7, 11) is -3.73. The van der Waals surface area contributed by atoms with Crippen LogP contribution in [0.25, 0.3) is 22.4 Å². The van der Waals surface area contributed by atoms with Gasteiger partial charge in [-0.05, 0) is 42.0 Å². The van der Waals surface area contributed by atoms with Crippen LogP contribution in [0, 0.1) is 11.6 Å². The van der Waals surface area contributed by atoms with Crippen LogP contribution in [0.5, 0.6) is 0 Å². The molecule has 1 aromatic heterocycles. The topological polar surface area (TPSA) is 60.2 Å². The lowest BCUT2D eigenvalue weighted by atomic mass is 9.99. The summed E-state index contributed by atoms with van der Waals surface area (Å²) in [6, 6.07) is 8.70. The predicted molar refractivity (Wildman–Crippen MR) is 85.2 cm³/mol. The number of alkyl halides is 1. The van der Waals surface area contributed by atoms with Crippen LogP contribution >= 0.6 is 0 Å². The SMILES string of the molecule is CS(=O)(=O)c1ccc(-c2c(-c3ccc(F)cc3)noc2CF)cc1F. The van der Waals surface area contributed by atoms with Gasteiger partial charge in [-0.25, -0.2) is 21.6 Å². The summed E-state index contributed by atoms with van der Waals surface area (Å²) in [5.41, 5.74) is 1.05. The third-order valence-electron chi connectivity index (χ3n) is 3.62. The van der Waals surface area contributed by atoms with Crippen molar-refractivity contribution >= 4 is 9.84 Å². The van der Waals surface area contributed by atoms with Crippen LogP contribution in [0.2, 0.25) is 0 Å². The highest BCUT2D eigenvalue weighted by molar-refractivity contribution is 7.90. The second-order valence-corrected chi connectivity index (χ2v) is 7.37. The maximum absolute atomic E-state index is 14.2. The fraction of sp³-hybridized carbons (Fsp3) is 0.118. The van der Waals surface area contributed by atoms with E-state index < -0.39 is 33.0 Å². The Morgan fingerprint density at radius 1 is 1.04 bits per heavy atom. The number of rotatable bonds is 4. The van der Waals surface area contributed by atoms with E-state index in [4.69, 9.17) is 4.52 Å². The molecule has 130 valence electrons. The van der Waals surface area contributed by atoms with Gasteiger partial charge in [0.1, 0.15) is 22.2 Å². The van der Waals surface area contributed by atoms with Crippen molar-refractivity contribution < 1.29 is 26.1 Å². The van der Waals surface area contributed by atoms with Crippen molar-refractivity contribution in [1.82, 2.24) is 5.16 Å². The first kappa shape index (κ1) is 17.2. The van der Waals surface area contributed by atoms with E-state index in [1.807, 2.05) is 0 Å². The summed E-state index contributed by atoms with van der Waals surface area (Å²) < 4.78 is 68.6. The van der Waals surface area contributed by atoms with Crippen molar-refractivity contribution in [2.45, 2.75) is 11.6 Å². The van der Waals surface area contributed by atoms with E-state index in [1.54, 1.807) is 0 Å². The summed E-state index contributed by atoms with van der Waals surface area (Å²) >= 11 is 0. The molecule has 0 aliphatic rings. The predicted octanol–water partition coefficient (Wildman–Crippen LogP) is 4.16. The highest BCUT2D eigenvalue weighted by Crippen LogP contribution is 2.36. The van der Waals surface area contributed by atoms with E-state index in [-0.39, 0.29) is 22.6 Å². The molecular formula is C17H12F3NO3S. The molecule has 0 spiro atoms. The van der Waals surface area contributed by atoms with Crippen LogP contribution in [-0.4, -0.2) is 19.8 Å². The minimum Gasteiger partial charge on any atom is -0.357 e. The molecular weight excluding hydrogens is 355 g/mol. The first-order valence-corrected chi connectivity index (χ1v) is 9.01. The molecule has 25 heavy (non-hydrogen) atoms. The van der Waals surface area contributed by atoms with Gasteiger partial charge in [-0.1, -0.05) is 11.2 Å². The number of hydrogen-bond donors (Lipinski definition) is 0. The fourth-order valence-electron chi connectivity index (χ4n) is 2.47. The standard InChI is InChI=1S/C17H12F3NO3S/c1-25(22,23)15-7-4-11(8-13(15)20)16-14(9-18)24-21-17(16)10-2-5-12(19)6-3-10/h2-8H,9H2,1H3. The molecule has 0 radical (unpaired) electrons. The molecule has 0 saturated heterocycles. The third kappa shape index (κ3) is 3.30. The van der Waals surface area contributed by atoms with Crippen LogP contribution in [0.1, 0.15) is 5.76 Å². The zero-order valence-electron chi connectivity index (χ0n) is 13.0. The first-order valence-electron chi connectivity index (χ1n) is 7.11. The molecule has 8 heteroatoms. The van der Waals surface area contributed by atoms with Gasteiger partial charge in [0.2, 0.25) is 0 Å². The number of hydrogen-bond acceptors (Lipinski definition) is 4. The lowest BCUT2D eigenvalue weighted by molar-refractivity contribution is 0.332. The molecule has 2 aromatic carbocycles. The number of halogens is 3. The molecule has 0 atom stereocenters. The van der Waals surface area contributed by atoms with Crippen molar-refractivity contribution in [2.75, 3.05) is 6.26 Å². The normalized spacial score (nSPS) is 11.7. The lowest BCUT2D eigenvalue weighted by Gasteiger charge is -2.06. The molecule has 0 N–H and O–H groups in total. The Morgan fingerprint density at radius 2 is 1.68 bits per heavy atom. The smallest absolute Gasteiger partial charge is 0.178 e. The average molecular weight is 367 g/mol. The van der Waals surface area contributed by atoms with Gasteiger partial charge in [-0.15, -0.1) is 0 Å². The summed E-state index contributed by atoms with van der Waals surface area (Å²) in [4.78, 5) is -0.460. The van der Waals surface area contributed by atoms with Crippen molar-refractivity contribution in [3.05, 3.63) is 59.9 Å². The van der Waals surface area contributed by atoms with Crippen LogP contribution in [0.4, 0.5) is 13.2 Å². The van der Waals surface area contributed by atoms with Gasteiger partial charge in [0, 0.05) is 11.8 Å². The van der Waals surface area contributed by atoms with Crippen LogP contribution in [0.15, 0.2) is 51.9 Å². The summed E-state index contributed by atoms with van der Waals surface area (Å²) in [6.07, 6.45) is 0.890. The van der Waals surface area contributed by atoms with E-state index in [0.717, 1.165) is 18.4 Å². The lowest BCUT2D eigenvalue weighted by Crippen LogP contribution is -2.01. The van der Waals surface area contributed by atoms with Gasteiger partial charge in [0.05, 0.1) is 5.56 Å². The van der Waals surface area contributed by atoms with Crippen LogP contribution in [-0.2, 0) is 16.5 Å². The van der Waals surface area contributed by atoms with Gasteiger partial charge >= 0.3 is 0 Å². The van der Waals surface area contributed by atoms with E-state index in [2.05, 4.69) is 5.16 Å². The summed E-state index contributed by atoms with van der Waals surface area (Å²) in [5, 5.41) is 3.79. The minimum absolute atomic E-state index is 0.133. The quantitative estimate of drug-likeness (QED) is 0.695. The van der Waals surface area contributed by atoms with E-state index in [9.17, 15) is 21.6 Å². The molecule has 1 heterocycles. The summed E-state index contributed by atoms with van der Waals surface area (Å²) in [5.74, 6) is -1.55. The van der Waals surface area contributed by atoms with Gasteiger partial charge in [-0.3, -0.25) is 0 Å². The molecule has 0 saturated carbocycles. The molecule has 3 rings (SSSR count). The van der Waals surface area contributed by atoms with Crippen molar-refractivity contribution in [3.8, 4) is 22.4 Å². The molecule has 0 bridgehead atoms. The molecule has 0 aliphatic heterocycles. The van der Waals surface area contributed by atoms with Gasteiger partial charge < -0.3 is 4.52 Å². The molecule has 0 unspecified atom stereocenters. The number of aromatic nitrogens is 1. The average Bonchev–Trinajstić information content (AvgIpc) is 2.98. The van der Waals surface area contributed by atoms with Crippen molar-refractivity contribution in [3.63, 3.8) is 0 Å². The largest absolute Gasteiger partial charge is 0.357 e. The maximum Gasteiger partial charge on any atom is 0.178 e. The Labute approximate surface area is 141 Å². The number of benzene rings is 2. The minimum atomic E-state index is -3.73. The van der Waals surface area contributed by atoms with Crippen LogP contribution in [0.3, 0.4) is 0 Å². The molecule has 0 fully saturated rings. The van der Waals surface area contributed by atoms with Gasteiger partial charge in [0.15, 0.2) is 22.3 Å². The number of sulfone groups is 1. The number of nitrogens with zero attached hydrogens (tertiary/aromatic N) is 1. The van der Waals surface area contributed by atoms with E-state index in [1.165, 1.54) is 30.3 Å². The molecule has 4 nitrogen and oxygen atoms in total. The monoisotopic (exact) mass is 367 g/mol. The van der Waals surface area contributed by atoms with E-state index >= 15 is 0 Å². The molecule has 0 amide bonds. The third-order valence-corrected chi connectivity index (χ3v) is 4.75. The van der Waals surface area contributed by atoms with E-state index in [0.29, 0.717) is 5.56 Å². The maximum atomic E-state index is 14.2. The Morgan fingerprint density at radius 3 is 2.24 bits per heavy atom. The van der Waals surface area contributed by atoms with Crippen LogP contribution < -0.4 is 0 Å². The molecule has 3 aromatic rings. The Balaban J connectivity index is 2.18.